The highest BCUT2D eigenvalue weighted by molar-refractivity contribution is 7.89. The van der Waals surface area contributed by atoms with E-state index in [0.717, 1.165) is 23.3 Å². The maximum Gasteiger partial charge on any atom is 0.390 e. The van der Waals surface area contributed by atoms with Crippen LogP contribution >= 0.6 is 0 Å². The number of nitrogens with one attached hydrogen (secondary N) is 1. The minimum atomic E-state index is -4.29. The molecule has 1 heterocycles. The van der Waals surface area contributed by atoms with Crippen molar-refractivity contribution in [3.05, 3.63) is 71.1 Å². The largest absolute Gasteiger partial charge is 0.390 e. The summed E-state index contributed by atoms with van der Waals surface area (Å²) in [7, 11) is -4.10. The van der Waals surface area contributed by atoms with Gasteiger partial charge >= 0.3 is 6.18 Å². The zero-order valence-electron chi connectivity index (χ0n) is 17.0. The van der Waals surface area contributed by atoms with E-state index in [-0.39, 0.29) is 31.0 Å². The van der Waals surface area contributed by atoms with E-state index in [4.69, 9.17) is 5.14 Å². The van der Waals surface area contributed by atoms with Crippen LogP contribution in [0.3, 0.4) is 0 Å². The van der Waals surface area contributed by atoms with E-state index < -0.39 is 33.3 Å². The van der Waals surface area contributed by atoms with Gasteiger partial charge in [0.15, 0.2) is 5.82 Å². The van der Waals surface area contributed by atoms with Crippen molar-refractivity contribution in [1.82, 2.24) is 20.1 Å². The molecule has 1 aromatic heterocycles. The molecule has 0 saturated carbocycles. The second-order valence-corrected chi connectivity index (χ2v) is 8.78. The molecule has 0 saturated heterocycles. The summed E-state index contributed by atoms with van der Waals surface area (Å²) in [6, 6.07) is 10.7. The van der Waals surface area contributed by atoms with Gasteiger partial charge in [-0.1, -0.05) is 29.8 Å². The first kappa shape index (κ1) is 23.8. The molecule has 12 heteroatoms. The summed E-state index contributed by atoms with van der Waals surface area (Å²) in [6.45, 7) is 1.54. The number of benzene rings is 2. The van der Waals surface area contributed by atoms with Gasteiger partial charge in [0, 0.05) is 13.0 Å². The third-order valence-electron chi connectivity index (χ3n) is 4.51. The van der Waals surface area contributed by atoms with Crippen molar-refractivity contribution in [2.24, 2.45) is 5.14 Å². The van der Waals surface area contributed by atoms with Crippen LogP contribution in [0.15, 0.2) is 47.4 Å². The lowest BCUT2D eigenvalue weighted by atomic mass is 10.1. The van der Waals surface area contributed by atoms with E-state index >= 15 is 0 Å². The molecule has 0 aliphatic carbocycles. The third-order valence-corrected chi connectivity index (χ3v) is 5.42. The van der Waals surface area contributed by atoms with Crippen molar-refractivity contribution < 1.29 is 26.0 Å². The number of nitrogens with zero attached hydrogens (tertiary/aromatic N) is 3. The number of nitrogens with two attached hydrogens (primary N) is 1. The van der Waals surface area contributed by atoms with Crippen molar-refractivity contribution in [3.8, 4) is 5.69 Å². The number of sulfonamides is 1. The lowest BCUT2D eigenvalue weighted by molar-refractivity contribution is -0.133. The molecule has 0 aliphatic rings. The molecule has 0 fully saturated rings. The van der Waals surface area contributed by atoms with E-state index in [1.165, 1.54) is 10.7 Å². The standard InChI is InChI=1S/C20H21F4N5O2S/c1-13-3-2-4-14(9-13)10-19-27-18(12-26-8-7-20(22,23)24)28-29(19)17-6-5-15(11-16(17)21)32(25,30)31/h2-6,9,11,26H,7-8,10,12H2,1H3,(H2,25,30,31). The van der Waals surface area contributed by atoms with Crippen LogP contribution in [-0.2, 0) is 23.0 Å². The van der Waals surface area contributed by atoms with Crippen LogP contribution < -0.4 is 10.5 Å². The van der Waals surface area contributed by atoms with E-state index in [0.29, 0.717) is 5.82 Å². The molecule has 3 aromatic rings. The Morgan fingerprint density at radius 2 is 1.91 bits per heavy atom. The summed E-state index contributed by atoms with van der Waals surface area (Å²) in [4.78, 5) is 3.96. The van der Waals surface area contributed by atoms with Crippen LogP contribution in [0.1, 0.15) is 29.2 Å². The molecule has 32 heavy (non-hydrogen) atoms. The Hall–Kier alpha value is -2.83. The number of halogens is 4. The summed E-state index contributed by atoms with van der Waals surface area (Å²) in [5.41, 5.74) is 1.82. The lowest BCUT2D eigenvalue weighted by Crippen LogP contribution is -2.21. The van der Waals surface area contributed by atoms with Gasteiger partial charge < -0.3 is 5.32 Å². The molecule has 0 bridgehead atoms. The van der Waals surface area contributed by atoms with Crippen LogP contribution in [0.25, 0.3) is 5.69 Å². The van der Waals surface area contributed by atoms with Gasteiger partial charge in [-0.15, -0.1) is 5.10 Å². The molecule has 0 amide bonds. The molecule has 0 aliphatic heterocycles. The van der Waals surface area contributed by atoms with Gasteiger partial charge in [-0.25, -0.2) is 27.6 Å². The minimum absolute atomic E-state index is 0.0548. The molecule has 0 radical (unpaired) electrons. The van der Waals surface area contributed by atoms with Gasteiger partial charge in [0.1, 0.15) is 17.3 Å². The second kappa shape index (κ2) is 9.35. The number of hydrogen-bond acceptors (Lipinski definition) is 5. The van der Waals surface area contributed by atoms with E-state index in [9.17, 15) is 26.0 Å². The molecule has 7 nitrogen and oxygen atoms in total. The summed E-state index contributed by atoms with van der Waals surface area (Å²) in [5.74, 6) is -0.376. The molecule has 172 valence electrons. The maximum absolute atomic E-state index is 14.7. The quantitative estimate of drug-likeness (QED) is 0.388. The molecule has 0 spiro atoms. The summed E-state index contributed by atoms with van der Waals surface area (Å²) in [6.07, 6.45) is -5.02. The average molecular weight is 471 g/mol. The van der Waals surface area contributed by atoms with Crippen LogP contribution in [0.4, 0.5) is 17.6 Å². The van der Waals surface area contributed by atoms with Gasteiger partial charge in [-0.2, -0.15) is 13.2 Å². The van der Waals surface area contributed by atoms with Crippen LogP contribution in [-0.4, -0.2) is 35.9 Å². The molecule has 0 atom stereocenters. The predicted octanol–water partition coefficient (Wildman–Crippen LogP) is 3.00. The molecule has 2 aromatic carbocycles. The Balaban J connectivity index is 1.93. The zero-order chi connectivity index (χ0) is 23.5. The predicted molar refractivity (Wildman–Crippen MR) is 109 cm³/mol. The molecular formula is C20H21F4N5O2S. The molecule has 3 rings (SSSR count). The van der Waals surface area contributed by atoms with Gasteiger partial charge in [0.25, 0.3) is 0 Å². The zero-order valence-corrected chi connectivity index (χ0v) is 17.8. The van der Waals surface area contributed by atoms with Crippen molar-refractivity contribution >= 4 is 10.0 Å². The first-order valence-corrected chi connectivity index (χ1v) is 11.1. The van der Waals surface area contributed by atoms with Gasteiger partial charge in [-0.05, 0) is 30.7 Å². The number of hydrogen-bond donors (Lipinski definition) is 2. The van der Waals surface area contributed by atoms with Crippen molar-refractivity contribution in [3.63, 3.8) is 0 Å². The Labute approximate surface area is 182 Å². The number of rotatable bonds is 8. The fraction of sp³-hybridized carbons (Fsp3) is 0.300. The van der Waals surface area contributed by atoms with Gasteiger partial charge in [0.05, 0.1) is 17.9 Å². The molecule has 0 unspecified atom stereocenters. The number of primary sulfonamides is 1. The Bertz CT molecular complexity index is 1210. The first-order valence-electron chi connectivity index (χ1n) is 9.53. The highest BCUT2D eigenvalue weighted by Gasteiger charge is 2.26. The number of aromatic nitrogens is 3. The van der Waals surface area contributed by atoms with Crippen molar-refractivity contribution in [2.45, 2.75) is 37.4 Å². The highest BCUT2D eigenvalue weighted by Crippen LogP contribution is 2.21. The van der Waals surface area contributed by atoms with Gasteiger partial charge in [0.2, 0.25) is 10.0 Å². The van der Waals surface area contributed by atoms with Crippen LogP contribution in [0.5, 0.6) is 0 Å². The first-order chi connectivity index (χ1) is 14.9. The van der Waals surface area contributed by atoms with Crippen LogP contribution in [0, 0.1) is 12.7 Å². The average Bonchev–Trinajstić information content (AvgIpc) is 3.06. The monoisotopic (exact) mass is 471 g/mol. The summed E-state index contributed by atoms with van der Waals surface area (Å²) < 4.78 is 75.9. The summed E-state index contributed by atoms with van der Waals surface area (Å²) in [5, 5.41) is 11.9. The van der Waals surface area contributed by atoms with E-state index in [1.807, 2.05) is 31.2 Å². The fourth-order valence-electron chi connectivity index (χ4n) is 3.05. The van der Waals surface area contributed by atoms with Crippen molar-refractivity contribution in [1.29, 1.82) is 0 Å². The smallest absolute Gasteiger partial charge is 0.309 e. The lowest BCUT2D eigenvalue weighted by Gasteiger charge is -2.09. The highest BCUT2D eigenvalue weighted by atomic mass is 32.2. The Morgan fingerprint density at radius 3 is 2.53 bits per heavy atom. The van der Waals surface area contributed by atoms with Gasteiger partial charge in [-0.3, -0.25) is 0 Å². The summed E-state index contributed by atoms with van der Waals surface area (Å²) >= 11 is 0. The topological polar surface area (TPSA) is 103 Å². The number of aryl methyl sites for hydroxylation is 1. The normalized spacial score (nSPS) is 12.3. The minimum Gasteiger partial charge on any atom is -0.309 e. The van der Waals surface area contributed by atoms with E-state index in [1.54, 1.807) is 0 Å². The SMILES string of the molecule is Cc1cccc(Cc2nc(CNCCC(F)(F)F)nn2-c2ccc(S(N)(=O)=O)cc2F)c1. The fourth-order valence-corrected chi connectivity index (χ4v) is 3.57. The van der Waals surface area contributed by atoms with E-state index in [2.05, 4.69) is 15.4 Å². The number of alkyl halides is 3. The third kappa shape index (κ3) is 6.34. The molecular weight excluding hydrogens is 450 g/mol. The Kier molecular flexibility index (Phi) is 6.96. The van der Waals surface area contributed by atoms with Crippen molar-refractivity contribution in [2.75, 3.05) is 6.54 Å². The Morgan fingerprint density at radius 1 is 1.16 bits per heavy atom. The second-order valence-electron chi connectivity index (χ2n) is 7.22. The van der Waals surface area contributed by atoms with Crippen LogP contribution in [0.2, 0.25) is 0 Å². The molecule has 3 N–H and O–H groups in total. The maximum atomic E-state index is 14.7.